The molecule has 3 aromatic heterocycles. The second-order valence-corrected chi connectivity index (χ2v) is 10.4. The van der Waals surface area contributed by atoms with Crippen molar-refractivity contribution in [3.63, 3.8) is 0 Å². The van der Waals surface area contributed by atoms with Crippen molar-refractivity contribution in [2.75, 3.05) is 23.7 Å². The van der Waals surface area contributed by atoms with Crippen LogP contribution in [-0.4, -0.2) is 58.2 Å². The van der Waals surface area contributed by atoms with E-state index in [4.69, 9.17) is 4.98 Å². The molecule has 0 saturated carbocycles. The van der Waals surface area contributed by atoms with Gasteiger partial charge in [0.05, 0.1) is 5.69 Å². The quantitative estimate of drug-likeness (QED) is 0.306. The Balaban J connectivity index is 1.40. The molecular weight excluding hydrogens is 466 g/mol. The number of aryl methyl sites for hydroxylation is 2. The van der Waals surface area contributed by atoms with E-state index in [0.717, 1.165) is 36.9 Å². The van der Waals surface area contributed by atoms with Crippen molar-refractivity contribution in [3.05, 3.63) is 51.2 Å². The van der Waals surface area contributed by atoms with Crippen LogP contribution in [0, 0.1) is 11.8 Å². The van der Waals surface area contributed by atoms with Crippen LogP contribution in [0.1, 0.15) is 26.7 Å². The van der Waals surface area contributed by atoms with E-state index in [1.54, 1.807) is 23.5 Å². The maximum Gasteiger partial charge on any atom is 0.329 e. The molecule has 5 rings (SSSR count). The van der Waals surface area contributed by atoms with Crippen molar-refractivity contribution in [2.45, 2.75) is 38.4 Å². The van der Waals surface area contributed by atoms with Crippen LogP contribution in [0.5, 0.6) is 0 Å². The minimum absolute atomic E-state index is 0.402. The Morgan fingerprint density at radius 2 is 1.86 bits per heavy atom. The minimum Gasteiger partial charge on any atom is -0.342 e. The van der Waals surface area contributed by atoms with Crippen LogP contribution < -0.4 is 16.1 Å². The number of fused-ring (bicyclic) bond motifs is 1. The van der Waals surface area contributed by atoms with Crippen LogP contribution in [0.3, 0.4) is 0 Å². The summed E-state index contributed by atoms with van der Waals surface area (Å²) in [4.78, 5) is 34.5. The lowest BCUT2D eigenvalue weighted by Crippen LogP contribution is -2.40. The first-order valence-corrected chi connectivity index (χ1v) is 12.8. The standard InChI is InChI=1S/C23H29N9O2S/c1-15-12-16(2)14-30(13-15)21-24-19-18(20(33)25-22(34)29(19)3)31(21)10-7-11-35-23-26-27-28-32(23)17-8-5-4-6-9-17/h4-6,8-9,15-16H,7,10-14H2,1-3H3,(H,25,33,34). The number of piperidine rings is 1. The monoisotopic (exact) mass is 495 g/mol. The maximum absolute atomic E-state index is 12.8. The van der Waals surface area contributed by atoms with Gasteiger partial charge in [-0.15, -0.1) is 5.10 Å². The molecule has 1 aliphatic heterocycles. The first kappa shape index (κ1) is 23.3. The lowest BCUT2D eigenvalue weighted by Gasteiger charge is -2.35. The van der Waals surface area contributed by atoms with E-state index in [1.807, 2.05) is 34.9 Å². The Bertz CT molecular complexity index is 1430. The molecule has 1 aromatic carbocycles. The van der Waals surface area contributed by atoms with Crippen LogP contribution in [0.25, 0.3) is 16.9 Å². The van der Waals surface area contributed by atoms with Gasteiger partial charge in [0.25, 0.3) is 5.56 Å². The Morgan fingerprint density at radius 1 is 1.11 bits per heavy atom. The minimum atomic E-state index is -0.456. The molecule has 0 aliphatic carbocycles. The number of H-pyrrole nitrogens is 1. The molecule has 12 heteroatoms. The predicted octanol–water partition coefficient (Wildman–Crippen LogP) is 2.06. The fourth-order valence-corrected chi connectivity index (χ4v) is 5.70. The summed E-state index contributed by atoms with van der Waals surface area (Å²) >= 11 is 1.57. The molecule has 184 valence electrons. The van der Waals surface area contributed by atoms with E-state index < -0.39 is 11.2 Å². The zero-order valence-electron chi connectivity index (χ0n) is 20.1. The number of anilines is 1. The summed E-state index contributed by atoms with van der Waals surface area (Å²) in [6, 6.07) is 9.77. The third-order valence-corrected chi connectivity index (χ3v) is 7.34. The molecule has 2 atom stereocenters. The fourth-order valence-electron chi connectivity index (χ4n) is 4.89. The summed E-state index contributed by atoms with van der Waals surface area (Å²) in [6.07, 6.45) is 1.94. The van der Waals surface area contributed by atoms with Gasteiger partial charge in [-0.1, -0.05) is 43.8 Å². The van der Waals surface area contributed by atoms with E-state index in [2.05, 4.69) is 39.3 Å². The van der Waals surface area contributed by atoms with Gasteiger partial charge in [0.1, 0.15) is 0 Å². The first-order chi connectivity index (χ1) is 16.9. The zero-order valence-corrected chi connectivity index (χ0v) is 20.9. The Kier molecular flexibility index (Phi) is 6.46. The average Bonchev–Trinajstić information content (AvgIpc) is 3.45. The van der Waals surface area contributed by atoms with Crippen LogP contribution in [-0.2, 0) is 13.6 Å². The Labute approximate surface area is 206 Å². The van der Waals surface area contributed by atoms with E-state index >= 15 is 0 Å². The third-order valence-electron chi connectivity index (χ3n) is 6.34. The number of aromatic nitrogens is 8. The average molecular weight is 496 g/mol. The van der Waals surface area contributed by atoms with Crippen LogP contribution in [0.15, 0.2) is 45.1 Å². The first-order valence-electron chi connectivity index (χ1n) is 11.8. The molecule has 35 heavy (non-hydrogen) atoms. The second-order valence-electron chi connectivity index (χ2n) is 9.32. The summed E-state index contributed by atoms with van der Waals surface area (Å²) < 4.78 is 5.11. The molecular formula is C23H29N9O2S. The van der Waals surface area contributed by atoms with Crippen molar-refractivity contribution < 1.29 is 0 Å². The summed E-state index contributed by atoms with van der Waals surface area (Å²) in [5, 5.41) is 12.8. The largest absolute Gasteiger partial charge is 0.342 e. The molecule has 4 heterocycles. The lowest BCUT2D eigenvalue weighted by atomic mass is 9.92. The Hall–Kier alpha value is -3.41. The molecule has 0 bridgehead atoms. The Morgan fingerprint density at radius 3 is 2.60 bits per heavy atom. The lowest BCUT2D eigenvalue weighted by molar-refractivity contribution is 0.351. The number of para-hydroxylation sites is 1. The number of hydrogen-bond donors (Lipinski definition) is 1. The number of nitrogens with zero attached hydrogens (tertiary/aromatic N) is 8. The van der Waals surface area contributed by atoms with Crippen molar-refractivity contribution in [2.24, 2.45) is 18.9 Å². The van der Waals surface area contributed by atoms with Crippen LogP contribution in [0.4, 0.5) is 5.95 Å². The van der Waals surface area contributed by atoms with Gasteiger partial charge in [0, 0.05) is 32.4 Å². The molecule has 4 aromatic rings. The van der Waals surface area contributed by atoms with E-state index in [1.165, 1.54) is 11.0 Å². The highest BCUT2D eigenvalue weighted by molar-refractivity contribution is 7.99. The topological polar surface area (TPSA) is 120 Å². The summed E-state index contributed by atoms with van der Waals surface area (Å²) in [5.41, 5.74) is 0.902. The van der Waals surface area contributed by atoms with Gasteiger partial charge in [-0.05, 0) is 47.2 Å². The van der Waals surface area contributed by atoms with Gasteiger partial charge >= 0.3 is 5.69 Å². The highest BCUT2D eigenvalue weighted by atomic mass is 32.2. The predicted molar refractivity (Wildman–Crippen MR) is 135 cm³/mol. The molecule has 1 fully saturated rings. The van der Waals surface area contributed by atoms with Gasteiger partial charge in [-0.25, -0.2) is 4.79 Å². The SMILES string of the molecule is CC1CC(C)CN(c2nc3c(c(=O)[nH]c(=O)n3C)n2CCCSc2nnnn2-c2ccccc2)C1. The molecule has 1 aliphatic rings. The molecule has 1 N–H and O–H groups in total. The number of rotatable bonds is 7. The van der Waals surface area contributed by atoms with Gasteiger partial charge in [0.15, 0.2) is 11.2 Å². The van der Waals surface area contributed by atoms with Gasteiger partial charge in [0.2, 0.25) is 11.1 Å². The second kappa shape index (κ2) is 9.68. The summed E-state index contributed by atoms with van der Waals surface area (Å²) in [5.74, 6) is 2.57. The van der Waals surface area contributed by atoms with Gasteiger partial charge in [-0.3, -0.25) is 14.3 Å². The molecule has 0 spiro atoms. The van der Waals surface area contributed by atoms with Crippen molar-refractivity contribution in [1.29, 1.82) is 0 Å². The van der Waals surface area contributed by atoms with Crippen molar-refractivity contribution in [3.8, 4) is 5.69 Å². The molecule has 1 saturated heterocycles. The maximum atomic E-state index is 12.8. The number of tetrazole rings is 1. The third kappa shape index (κ3) is 4.62. The number of imidazole rings is 1. The highest BCUT2D eigenvalue weighted by Gasteiger charge is 2.27. The van der Waals surface area contributed by atoms with Gasteiger partial charge < -0.3 is 9.47 Å². The number of benzene rings is 1. The summed E-state index contributed by atoms with van der Waals surface area (Å²) in [6.45, 7) is 6.82. The summed E-state index contributed by atoms with van der Waals surface area (Å²) in [7, 11) is 1.64. The van der Waals surface area contributed by atoms with E-state index in [0.29, 0.717) is 34.7 Å². The van der Waals surface area contributed by atoms with E-state index in [-0.39, 0.29) is 0 Å². The number of hydrogen-bond acceptors (Lipinski definition) is 8. The highest BCUT2D eigenvalue weighted by Crippen LogP contribution is 2.28. The number of aromatic amines is 1. The van der Waals surface area contributed by atoms with Crippen molar-refractivity contribution >= 4 is 28.9 Å². The molecule has 2 unspecified atom stereocenters. The number of nitrogens with one attached hydrogen (secondary N) is 1. The van der Waals surface area contributed by atoms with E-state index in [9.17, 15) is 9.59 Å². The smallest absolute Gasteiger partial charge is 0.329 e. The van der Waals surface area contributed by atoms with Crippen molar-refractivity contribution in [1.82, 2.24) is 39.3 Å². The normalized spacial score (nSPS) is 18.4. The van der Waals surface area contributed by atoms with Crippen LogP contribution in [0.2, 0.25) is 0 Å². The fraction of sp³-hybridized carbons (Fsp3) is 0.478. The molecule has 0 amide bonds. The van der Waals surface area contributed by atoms with Crippen LogP contribution >= 0.6 is 11.8 Å². The number of thioether (sulfide) groups is 1. The molecule has 0 radical (unpaired) electrons. The van der Waals surface area contributed by atoms with Gasteiger partial charge in [-0.2, -0.15) is 9.67 Å². The molecule has 11 nitrogen and oxygen atoms in total. The zero-order chi connectivity index (χ0) is 24.5.